The quantitative estimate of drug-likeness (QED) is 0.577. The predicted octanol–water partition coefficient (Wildman–Crippen LogP) is 3.45. The van der Waals surface area contributed by atoms with Gasteiger partial charge in [0.25, 0.3) is 0 Å². The topological polar surface area (TPSA) is 29.4 Å². The van der Waals surface area contributed by atoms with Crippen molar-refractivity contribution in [1.82, 2.24) is 0 Å². The SMILES string of the molecule is O=Nc1c(Br)cccc1I. The second-order valence-corrected chi connectivity index (χ2v) is 3.68. The van der Waals surface area contributed by atoms with Gasteiger partial charge in [0.1, 0.15) is 5.69 Å². The van der Waals surface area contributed by atoms with Crippen molar-refractivity contribution in [3.05, 3.63) is 31.1 Å². The van der Waals surface area contributed by atoms with Gasteiger partial charge < -0.3 is 0 Å². The second kappa shape index (κ2) is 3.43. The zero-order valence-corrected chi connectivity index (χ0v) is 8.59. The molecule has 0 aliphatic heterocycles. The Balaban J connectivity index is 3.30. The lowest BCUT2D eigenvalue weighted by molar-refractivity contribution is 1.44. The molecular formula is C6H3BrINO. The third-order valence-corrected chi connectivity index (χ3v) is 2.54. The summed E-state index contributed by atoms with van der Waals surface area (Å²) in [6.45, 7) is 0. The van der Waals surface area contributed by atoms with Crippen molar-refractivity contribution in [1.29, 1.82) is 0 Å². The average molecular weight is 312 g/mol. The van der Waals surface area contributed by atoms with E-state index in [1.165, 1.54) is 0 Å². The first kappa shape index (κ1) is 8.13. The van der Waals surface area contributed by atoms with E-state index in [9.17, 15) is 4.91 Å². The van der Waals surface area contributed by atoms with Gasteiger partial charge in [-0.1, -0.05) is 6.07 Å². The fourth-order valence-electron chi connectivity index (χ4n) is 0.576. The van der Waals surface area contributed by atoms with Gasteiger partial charge in [0.05, 0.1) is 0 Å². The smallest absolute Gasteiger partial charge is 0.135 e. The van der Waals surface area contributed by atoms with Gasteiger partial charge in [0.15, 0.2) is 0 Å². The largest absolute Gasteiger partial charge is 0.145 e. The van der Waals surface area contributed by atoms with Crippen molar-refractivity contribution in [3.8, 4) is 0 Å². The molecule has 0 spiro atoms. The van der Waals surface area contributed by atoms with Crippen LogP contribution in [0.3, 0.4) is 0 Å². The van der Waals surface area contributed by atoms with Crippen molar-refractivity contribution >= 4 is 44.2 Å². The number of hydrogen-bond acceptors (Lipinski definition) is 2. The third-order valence-electron chi connectivity index (χ3n) is 1.03. The first-order valence-corrected chi connectivity index (χ1v) is 4.40. The molecule has 0 radical (unpaired) electrons. The summed E-state index contributed by atoms with van der Waals surface area (Å²) in [6, 6.07) is 5.49. The molecule has 1 aromatic carbocycles. The van der Waals surface area contributed by atoms with E-state index in [1.807, 2.05) is 12.1 Å². The summed E-state index contributed by atoms with van der Waals surface area (Å²) in [7, 11) is 0. The molecule has 0 unspecified atom stereocenters. The Morgan fingerprint density at radius 3 is 2.60 bits per heavy atom. The van der Waals surface area contributed by atoms with E-state index in [2.05, 4.69) is 43.7 Å². The minimum atomic E-state index is 0.475. The molecule has 0 fully saturated rings. The van der Waals surface area contributed by atoms with Crippen molar-refractivity contribution < 1.29 is 0 Å². The molecule has 2 nitrogen and oxygen atoms in total. The molecule has 0 saturated heterocycles. The van der Waals surface area contributed by atoms with Crippen molar-refractivity contribution in [3.63, 3.8) is 0 Å². The highest BCUT2D eigenvalue weighted by molar-refractivity contribution is 14.1. The highest BCUT2D eigenvalue weighted by Gasteiger charge is 2.02. The molecule has 0 amide bonds. The van der Waals surface area contributed by atoms with Crippen LogP contribution < -0.4 is 0 Å². The average Bonchev–Trinajstić information content (AvgIpc) is 1.88. The van der Waals surface area contributed by atoms with E-state index >= 15 is 0 Å². The Hall–Kier alpha value is 0.0300. The number of nitroso groups, excluding NO2 is 1. The van der Waals surface area contributed by atoms with Gasteiger partial charge in [-0.05, 0) is 55.8 Å². The van der Waals surface area contributed by atoms with Crippen molar-refractivity contribution in [2.75, 3.05) is 0 Å². The molecule has 0 aliphatic carbocycles. The summed E-state index contributed by atoms with van der Waals surface area (Å²) >= 11 is 5.27. The lowest BCUT2D eigenvalue weighted by Gasteiger charge is -1.94. The first-order chi connectivity index (χ1) is 4.75. The highest BCUT2D eigenvalue weighted by Crippen LogP contribution is 2.29. The van der Waals surface area contributed by atoms with Crippen LogP contribution in [0, 0.1) is 8.48 Å². The fraction of sp³-hybridized carbons (Fsp3) is 0. The Kier molecular flexibility index (Phi) is 2.79. The van der Waals surface area contributed by atoms with Crippen LogP contribution in [0.1, 0.15) is 0 Å². The van der Waals surface area contributed by atoms with Crippen LogP contribution in [0.25, 0.3) is 0 Å². The summed E-state index contributed by atoms with van der Waals surface area (Å²) in [5, 5.41) is 2.87. The summed E-state index contributed by atoms with van der Waals surface area (Å²) in [5.74, 6) is 0. The van der Waals surface area contributed by atoms with E-state index in [0.29, 0.717) is 5.69 Å². The summed E-state index contributed by atoms with van der Waals surface area (Å²) in [6.07, 6.45) is 0. The zero-order valence-electron chi connectivity index (χ0n) is 4.84. The standard InChI is InChI=1S/C6H3BrINO/c7-4-2-1-3-5(8)6(4)9-10/h1-3H. The Labute approximate surface area is 80.3 Å². The van der Waals surface area contributed by atoms with E-state index in [0.717, 1.165) is 8.04 Å². The number of rotatable bonds is 1. The normalized spacial score (nSPS) is 9.40. The predicted molar refractivity (Wildman–Crippen MR) is 52.3 cm³/mol. The number of halogens is 2. The van der Waals surface area contributed by atoms with E-state index < -0.39 is 0 Å². The maximum Gasteiger partial charge on any atom is 0.135 e. The fourth-order valence-corrected chi connectivity index (χ4v) is 1.98. The monoisotopic (exact) mass is 311 g/mol. The highest BCUT2D eigenvalue weighted by atomic mass is 127. The van der Waals surface area contributed by atoms with Crippen LogP contribution in [0.15, 0.2) is 27.8 Å². The molecule has 1 aromatic rings. The molecule has 0 heterocycles. The van der Waals surface area contributed by atoms with E-state index in [4.69, 9.17) is 0 Å². The van der Waals surface area contributed by atoms with Crippen molar-refractivity contribution in [2.24, 2.45) is 5.18 Å². The second-order valence-electron chi connectivity index (χ2n) is 1.66. The minimum Gasteiger partial charge on any atom is -0.145 e. The summed E-state index contributed by atoms with van der Waals surface area (Å²) in [5.41, 5.74) is 0.475. The van der Waals surface area contributed by atoms with Crippen LogP contribution >= 0.6 is 38.5 Å². The van der Waals surface area contributed by atoms with Crippen LogP contribution in [-0.4, -0.2) is 0 Å². The molecule has 0 saturated carbocycles. The van der Waals surface area contributed by atoms with Gasteiger partial charge in [-0.3, -0.25) is 0 Å². The summed E-state index contributed by atoms with van der Waals surface area (Å²) in [4.78, 5) is 10.2. The zero-order chi connectivity index (χ0) is 7.56. The van der Waals surface area contributed by atoms with Crippen LogP contribution in [0.5, 0.6) is 0 Å². The number of benzene rings is 1. The molecule has 52 valence electrons. The van der Waals surface area contributed by atoms with Gasteiger partial charge in [0, 0.05) is 8.04 Å². The Morgan fingerprint density at radius 1 is 1.50 bits per heavy atom. The van der Waals surface area contributed by atoms with E-state index in [1.54, 1.807) is 6.07 Å². The number of hydrogen-bond donors (Lipinski definition) is 0. The lowest BCUT2D eigenvalue weighted by Crippen LogP contribution is -1.72. The molecule has 4 heteroatoms. The molecule has 1 rings (SSSR count). The molecular weight excluding hydrogens is 309 g/mol. The minimum absolute atomic E-state index is 0.475. The van der Waals surface area contributed by atoms with Gasteiger partial charge in [-0.15, -0.1) is 4.91 Å². The van der Waals surface area contributed by atoms with E-state index in [-0.39, 0.29) is 0 Å². The van der Waals surface area contributed by atoms with Gasteiger partial charge in [0.2, 0.25) is 0 Å². The molecule has 0 N–H and O–H groups in total. The van der Waals surface area contributed by atoms with Gasteiger partial charge in [-0.25, -0.2) is 0 Å². The van der Waals surface area contributed by atoms with Crippen molar-refractivity contribution in [2.45, 2.75) is 0 Å². The lowest BCUT2D eigenvalue weighted by atomic mass is 10.3. The first-order valence-electron chi connectivity index (χ1n) is 2.53. The van der Waals surface area contributed by atoms with Crippen LogP contribution in [0.4, 0.5) is 5.69 Å². The maximum absolute atomic E-state index is 10.2. The molecule has 0 atom stereocenters. The molecule has 0 aromatic heterocycles. The van der Waals surface area contributed by atoms with Crippen LogP contribution in [0.2, 0.25) is 0 Å². The van der Waals surface area contributed by atoms with Gasteiger partial charge in [-0.2, -0.15) is 0 Å². The Morgan fingerprint density at radius 2 is 2.20 bits per heavy atom. The maximum atomic E-state index is 10.2. The molecule has 0 bridgehead atoms. The van der Waals surface area contributed by atoms with Gasteiger partial charge >= 0.3 is 0 Å². The number of nitrogens with zero attached hydrogens (tertiary/aromatic N) is 1. The third kappa shape index (κ3) is 1.54. The molecule has 10 heavy (non-hydrogen) atoms. The summed E-state index contributed by atoms with van der Waals surface area (Å²) < 4.78 is 1.61. The Bertz CT molecular complexity index is 244. The van der Waals surface area contributed by atoms with Crippen LogP contribution in [-0.2, 0) is 0 Å². The molecule has 0 aliphatic rings.